The Morgan fingerprint density at radius 2 is 2.16 bits per heavy atom. The van der Waals surface area contributed by atoms with Crippen LogP contribution in [-0.4, -0.2) is 41.7 Å². The van der Waals surface area contributed by atoms with E-state index in [1.54, 1.807) is 4.90 Å². The van der Waals surface area contributed by atoms with Crippen LogP contribution in [0.5, 0.6) is 0 Å². The van der Waals surface area contributed by atoms with Crippen LogP contribution in [0.1, 0.15) is 18.4 Å². The lowest BCUT2D eigenvalue weighted by molar-refractivity contribution is -0.132. The van der Waals surface area contributed by atoms with E-state index in [2.05, 4.69) is 11.4 Å². The number of nitrogens with zero attached hydrogens (tertiary/aromatic N) is 1. The molecule has 1 aliphatic heterocycles. The maximum Gasteiger partial charge on any atom is 0.245 e. The molecular formula is C15H20N2O2. The number of rotatable bonds is 3. The van der Waals surface area contributed by atoms with Crippen LogP contribution in [0.3, 0.4) is 0 Å². The summed E-state index contributed by atoms with van der Waals surface area (Å²) < 4.78 is 0. The lowest BCUT2D eigenvalue weighted by Gasteiger charge is -2.35. The third kappa shape index (κ3) is 2.45. The van der Waals surface area contributed by atoms with Crippen molar-refractivity contribution in [2.75, 3.05) is 18.9 Å². The van der Waals surface area contributed by atoms with E-state index in [9.17, 15) is 9.90 Å². The molecule has 1 unspecified atom stereocenters. The molecule has 2 N–H and O–H groups in total. The number of amides is 1. The fourth-order valence-electron chi connectivity index (χ4n) is 3.04. The van der Waals surface area contributed by atoms with Crippen LogP contribution in [-0.2, 0) is 11.2 Å². The molecule has 0 spiro atoms. The summed E-state index contributed by atoms with van der Waals surface area (Å²) in [5.41, 5.74) is 2.29. The lowest BCUT2D eigenvalue weighted by Crippen LogP contribution is -2.45. The summed E-state index contributed by atoms with van der Waals surface area (Å²) in [6, 6.07) is 7.95. The number of aliphatic hydroxyl groups excluding tert-OH is 1. The summed E-state index contributed by atoms with van der Waals surface area (Å²) in [7, 11) is 1.86. The number of nitrogens with one attached hydrogen (secondary N) is 1. The highest BCUT2D eigenvalue weighted by atomic mass is 16.3. The number of carbonyl (C=O) groups is 1. The number of hydrogen-bond acceptors (Lipinski definition) is 3. The van der Waals surface area contributed by atoms with E-state index in [0.717, 1.165) is 31.5 Å². The summed E-state index contributed by atoms with van der Waals surface area (Å²) in [6.07, 6.45) is 2.28. The minimum atomic E-state index is -0.151. The number of aliphatic hydroxyl groups is 1. The van der Waals surface area contributed by atoms with Crippen molar-refractivity contribution in [1.82, 2.24) is 4.90 Å². The summed E-state index contributed by atoms with van der Waals surface area (Å²) in [5.74, 6) is 0.616. The molecule has 1 aliphatic carbocycles. The Bertz CT molecular complexity index is 458. The van der Waals surface area contributed by atoms with Crippen LogP contribution in [0.4, 0.5) is 5.69 Å². The molecule has 19 heavy (non-hydrogen) atoms. The molecule has 1 fully saturated rings. The number of likely N-dealkylation sites (N-methyl/N-ethyl adjacent to an activating group) is 1. The van der Waals surface area contributed by atoms with E-state index in [4.69, 9.17) is 0 Å². The Morgan fingerprint density at radius 3 is 2.84 bits per heavy atom. The van der Waals surface area contributed by atoms with Crippen molar-refractivity contribution >= 4 is 11.6 Å². The lowest BCUT2D eigenvalue weighted by atomic mass is 9.82. The van der Waals surface area contributed by atoms with E-state index < -0.39 is 0 Å². The minimum Gasteiger partial charge on any atom is -0.393 e. The topological polar surface area (TPSA) is 52.6 Å². The van der Waals surface area contributed by atoms with Crippen LogP contribution in [0, 0.1) is 5.92 Å². The van der Waals surface area contributed by atoms with Crippen molar-refractivity contribution < 1.29 is 9.90 Å². The summed E-state index contributed by atoms with van der Waals surface area (Å²) in [5, 5.41) is 12.6. The van der Waals surface area contributed by atoms with Gasteiger partial charge >= 0.3 is 0 Å². The molecule has 0 aromatic heterocycles. The Hall–Kier alpha value is -1.55. The minimum absolute atomic E-state index is 0.132. The van der Waals surface area contributed by atoms with Crippen LogP contribution >= 0.6 is 0 Å². The number of fused-ring (bicyclic) bond motifs is 1. The smallest absolute Gasteiger partial charge is 0.245 e. The fourth-order valence-corrected chi connectivity index (χ4v) is 3.04. The highest BCUT2D eigenvalue weighted by molar-refractivity contribution is 5.87. The zero-order valence-electron chi connectivity index (χ0n) is 11.2. The molecular weight excluding hydrogens is 240 g/mol. The summed E-state index contributed by atoms with van der Waals surface area (Å²) >= 11 is 0. The summed E-state index contributed by atoms with van der Waals surface area (Å²) in [4.78, 5) is 14.2. The maximum absolute atomic E-state index is 12.4. The van der Waals surface area contributed by atoms with Gasteiger partial charge in [0.25, 0.3) is 0 Å². The van der Waals surface area contributed by atoms with Crippen molar-refractivity contribution in [3.05, 3.63) is 29.8 Å². The van der Waals surface area contributed by atoms with Crippen LogP contribution < -0.4 is 5.32 Å². The molecule has 1 heterocycles. The average molecular weight is 260 g/mol. The van der Waals surface area contributed by atoms with Gasteiger partial charge in [-0.2, -0.15) is 0 Å². The Kier molecular flexibility index (Phi) is 3.19. The molecule has 0 saturated heterocycles. The monoisotopic (exact) mass is 260 g/mol. The van der Waals surface area contributed by atoms with Gasteiger partial charge in [0.05, 0.1) is 6.10 Å². The van der Waals surface area contributed by atoms with E-state index in [1.165, 1.54) is 5.56 Å². The molecule has 102 valence electrons. The molecule has 0 bridgehead atoms. The number of para-hydroxylation sites is 1. The van der Waals surface area contributed by atoms with Crippen molar-refractivity contribution in [2.45, 2.75) is 31.4 Å². The van der Waals surface area contributed by atoms with Crippen molar-refractivity contribution in [2.24, 2.45) is 5.92 Å². The molecule has 1 amide bonds. The van der Waals surface area contributed by atoms with E-state index in [0.29, 0.717) is 5.92 Å². The molecule has 1 atom stereocenters. The first kappa shape index (κ1) is 12.5. The van der Waals surface area contributed by atoms with Crippen LogP contribution in [0.25, 0.3) is 0 Å². The van der Waals surface area contributed by atoms with Gasteiger partial charge in [-0.25, -0.2) is 0 Å². The fraction of sp³-hybridized carbons (Fsp3) is 0.533. The van der Waals surface area contributed by atoms with Gasteiger partial charge in [-0.3, -0.25) is 4.79 Å². The number of benzene rings is 1. The number of anilines is 1. The maximum atomic E-state index is 12.4. The van der Waals surface area contributed by atoms with Crippen LogP contribution in [0.15, 0.2) is 24.3 Å². The predicted molar refractivity (Wildman–Crippen MR) is 73.9 cm³/mol. The van der Waals surface area contributed by atoms with Gasteiger partial charge in [0.1, 0.15) is 6.04 Å². The standard InChI is InChI=1S/C15H20N2O2/c1-17(9-10-6-12(18)7-10)15(19)14-8-11-4-2-3-5-13(11)16-14/h2-5,10,12,14,16,18H,6-9H2,1H3. The molecule has 3 rings (SSSR count). The first-order chi connectivity index (χ1) is 9.13. The normalized spacial score (nSPS) is 28.2. The molecule has 0 radical (unpaired) electrons. The van der Waals surface area contributed by atoms with Crippen LogP contribution in [0.2, 0.25) is 0 Å². The Balaban J connectivity index is 1.57. The molecule has 4 heteroatoms. The van der Waals surface area contributed by atoms with Gasteiger partial charge in [0.2, 0.25) is 5.91 Å². The molecule has 4 nitrogen and oxygen atoms in total. The molecule has 1 saturated carbocycles. The Morgan fingerprint density at radius 1 is 1.42 bits per heavy atom. The molecule has 1 aromatic rings. The largest absolute Gasteiger partial charge is 0.393 e. The molecule has 1 aromatic carbocycles. The highest BCUT2D eigenvalue weighted by Crippen LogP contribution is 2.29. The second kappa shape index (κ2) is 4.85. The quantitative estimate of drug-likeness (QED) is 0.860. The van der Waals surface area contributed by atoms with Crippen molar-refractivity contribution in [1.29, 1.82) is 0 Å². The SMILES string of the molecule is CN(CC1CC(O)C1)C(=O)C1Cc2ccccc2N1. The van der Waals surface area contributed by atoms with Gasteiger partial charge in [-0.15, -0.1) is 0 Å². The summed E-state index contributed by atoms with van der Waals surface area (Å²) in [6.45, 7) is 0.754. The zero-order chi connectivity index (χ0) is 13.4. The van der Waals surface area contributed by atoms with E-state index >= 15 is 0 Å². The first-order valence-corrected chi connectivity index (χ1v) is 6.91. The van der Waals surface area contributed by atoms with Crippen molar-refractivity contribution in [3.63, 3.8) is 0 Å². The third-order valence-electron chi connectivity index (χ3n) is 4.19. The average Bonchev–Trinajstić information content (AvgIpc) is 2.79. The van der Waals surface area contributed by atoms with Gasteiger partial charge < -0.3 is 15.3 Å². The number of hydrogen-bond donors (Lipinski definition) is 2. The van der Waals surface area contributed by atoms with Gasteiger partial charge in [-0.1, -0.05) is 18.2 Å². The zero-order valence-corrected chi connectivity index (χ0v) is 11.2. The molecule has 2 aliphatic rings. The van der Waals surface area contributed by atoms with Gasteiger partial charge in [0, 0.05) is 25.7 Å². The van der Waals surface area contributed by atoms with Gasteiger partial charge in [0.15, 0.2) is 0 Å². The second-order valence-electron chi connectivity index (χ2n) is 5.77. The first-order valence-electron chi connectivity index (χ1n) is 6.91. The highest BCUT2D eigenvalue weighted by Gasteiger charge is 2.32. The van der Waals surface area contributed by atoms with Crippen molar-refractivity contribution in [3.8, 4) is 0 Å². The predicted octanol–water partition coefficient (Wildman–Crippen LogP) is 1.25. The Labute approximate surface area is 113 Å². The van der Waals surface area contributed by atoms with Gasteiger partial charge in [-0.05, 0) is 30.4 Å². The van der Waals surface area contributed by atoms with E-state index in [1.807, 2.05) is 25.2 Å². The third-order valence-corrected chi connectivity index (χ3v) is 4.19. The van der Waals surface area contributed by atoms with E-state index in [-0.39, 0.29) is 18.1 Å². The second-order valence-corrected chi connectivity index (χ2v) is 5.77. The number of carbonyl (C=O) groups excluding carboxylic acids is 1.